The zero-order valence-corrected chi connectivity index (χ0v) is 14.6. The fourth-order valence-electron chi connectivity index (χ4n) is 2.21. The molecule has 0 unspecified atom stereocenters. The number of aromatic nitrogens is 2. The SMILES string of the molecule is COCCN(C(=O)c1cnc(C(=O)O)cn1)c1ccc(OC)c(OC)c1. The predicted molar refractivity (Wildman–Crippen MR) is 92.1 cm³/mol. The normalized spacial score (nSPS) is 10.3. The Hall–Kier alpha value is -3.20. The molecule has 1 aromatic carbocycles. The number of benzene rings is 1. The number of hydrogen-bond acceptors (Lipinski definition) is 7. The second-order valence-electron chi connectivity index (χ2n) is 5.08. The molecule has 1 heterocycles. The van der Waals surface area contributed by atoms with Crippen molar-refractivity contribution in [2.75, 3.05) is 39.4 Å². The zero-order valence-electron chi connectivity index (χ0n) is 14.6. The molecule has 0 saturated carbocycles. The van der Waals surface area contributed by atoms with Gasteiger partial charge < -0.3 is 24.2 Å². The van der Waals surface area contributed by atoms with E-state index >= 15 is 0 Å². The second-order valence-corrected chi connectivity index (χ2v) is 5.08. The molecule has 9 nitrogen and oxygen atoms in total. The van der Waals surface area contributed by atoms with Gasteiger partial charge in [0.1, 0.15) is 5.69 Å². The number of methoxy groups -OCH3 is 3. The number of carboxylic acids is 1. The van der Waals surface area contributed by atoms with E-state index in [1.54, 1.807) is 18.2 Å². The Morgan fingerprint density at radius 3 is 2.23 bits per heavy atom. The van der Waals surface area contributed by atoms with Gasteiger partial charge in [0.15, 0.2) is 17.2 Å². The highest BCUT2D eigenvalue weighted by Gasteiger charge is 2.21. The Morgan fingerprint density at radius 2 is 1.69 bits per heavy atom. The lowest BCUT2D eigenvalue weighted by molar-refractivity contribution is 0.0689. The maximum absolute atomic E-state index is 12.8. The Bertz CT molecular complexity index is 779. The molecule has 0 aliphatic rings. The molecule has 1 aromatic heterocycles. The van der Waals surface area contributed by atoms with Gasteiger partial charge in [0.25, 0.3) is 5.91 Å². The van der Waals surface area contributed by atoms with Crippen molar-refractivity contribution in [3.05, 3.63) is 42.0 Å². The van der Waals surface area contributed by atoms with Crippen LogP contribution in [0.1, 0.15) is 21.0 Å². The minimum absolute atomic E-state index is 0.0147. The summed E-state index contributed by atoms with van der Waals surface area (Å²) in [6.07, 6.45) is 2.17. The van der Waals surface area contributed by atoms with E-state index in [0.29, 0.717) is 23.8 Å². The first-order valence-corrected chi connectivity index (χ1v) is 7.60. The fourth-order valence-corrected chi connectivity index (χ4v) is 2.21. The second kappa shape index (κ2) is 8.77. The van der Waals surface area contributed by atoms with E-state index in [0.717, 1.165) is 12.4 Å². The van der Waals surface area contributed by atoms with E-state index in [9.17, 15) is 9.59 Å². The Labute approximate surface area is 150 Å². The molecule has 0 atom stereocenters. The molecule has 0 radical (unpaired) electrons. The number of rotatable bonds is 8. The number of nitrogens with zero attached hydrogens (tertiary/aromatic N) is 3. The number of ether oxygens (including phenoxy) is 3. The summed E-state index contributed by atoms with van der Waals surface area (Å²) >= 11 is 0. The van der Waals surface area contributed by atoms with Crippen LogP contribution in [0, 0.1) is 0 Å². The summed E-state index contributed by atoms with van der Waals surface area (Å²) in [6, 6.07) is 5.04. The number of hydrogen-bond donors (Lipinski definition) is 1. The van der Waals surface area contributed by atoms with E-state index in [2.05, 4.69) is 9.97 Å². The molecular formula is C17H19N3O6. The van der Waals surface area contributed by atoms with Crippen LogP contribution in [0.3, 0.4) is 0 Å². The van der Waals surface area contributed by atoms with Gasteiger partial charge in [-0.2, -0.15) is 0 Å². The maximum atomic E-state index is 12.8. The van der Waals surface area contributed by atoms with Crippen LogP contribution in [0.5, 0.6) is 11.5 Å². The molecule has 0 fully saturated rings. The third kappa shape index (κ3) is 4.25. The summed E-state index contributed by atoms with van der Waals surface area (Å²) in [4.78, 5) is 32.8. The standard InChI is InChI=1S/C17H19N3O6/c1-24-7-6-20(11-4-5-14(25-2)15(8-11)26-3)16(21)12-9-19-13(10-18-12)17(22)23/h4-5,8-10H,6-7H2,1-3H3,(H,22,23). The van der Waals surface area contributed by atoms with Crippen molar-refractivity contribution in [2.24, 2.45) is 0 Å². The van der Waals surface area contributed by atoms with Gasteiger partial charge in [-0.25, -0.2) is 14.8 Å². The van der Waals surface area contributed by atoms with Crippen molar-refractivity contribution in [2.45, 2.75) is 0 Å². The lowest BCUT2D eigenvalue weighted by Crippen LogP contribution is -2.34. The highest BCUT2D eigenvalue weighted by molar-refractivity contribution is 6.05. The third-order valence-electron chi connectivity index (χ3n) is 3.53. The number of anilines is 1. The monoisotopic (exact) mass is 361 g/mol. The van der Waals surface area contributed by atoms with Gasteiger partial charge >= 0.3 is 5.97 Å². The first kappa shape index (κ1) is 19.1. The largest absolute Gasteiger partial charge is 0.493 e. The van der Waals surface area contributed by atoms with Crippen LogP contribution in [-0.2, 0) is 4.74 Å². The van der Waals surface area contributed by atoms with Crippen molar-refractivity contribution in [3.63, 3.8) is 0 Å². The molecule has 26 heavy (non-hydrogen) atoms. The van der Waals surface area contributed by atoms with Crippen molar-refractivity contribution in [1.82, 2.24) is 9.97 Å². The van der Waals surface area contributed by atoms with Gasteiger partial charge in [0.2, 0.25) is 0 Å². The number of aromatic carboxylic acids is 1. The summed E-state index contributed by atoms with van der Waals surface area (Å²) in [7, 11) is 4.54. The van der Waals surface area contributed by atoms with Crippen LogP contribution in [0.15, 0.2) is 30.6 Å². The third-order valence-corrected chi connectivity index (χ3v) is 3.53. The minimum Gasteiger partial charge on any atom is -0.493 e. The Kier molecular flexibility index (Phi) is 6.45. The first-order chi connectivity index (χ1) is 12.5. The molecule has 2 rings (SSSR count). The smallest absolute Gasteiger partial charge is 0.356 e. The molecule has 0 aliphatic heterocycles. The average molecular weight is 361 g/mol. The van der Waals surface area contributed by atoms with Crippen LogP contribution in [0.4, 0.5) is 5.69 Å². The lowest BCUT2D eigenvalue weighted by Gasteiger charge is -2.23. The number of carbonyl (C=O) groups is 2. The minimum atomic E-state index is -1.22. The summed E-state index contributed by atoms with van der Waals surface area (Å²) in [5.41, 5.74) is 0.325. The Morgan fingerprint density at radius 1 is 1.04 bits per heavy atom. The summed E-state index contributed by atoms with van der Waals surface area (Å²) < 4.78 is 15.5. The van der Waals surface area contributed by atoms with Crippen molar-refractivity contribution < 1.29 is 28.9 Å². The topological polar surface area (TPSA) is 111 Å². The number of carbonyl (C=O) groups excluding carboxylic acids is 1. The summed E-state index contributed by atoms with van der Waals surface area (Å²) in [5, 5.41) is 8.88. The van der Waals surface area contributed by atoms with Crippen LogP contribution in [0.2, 0.25) is 0 Å². The first-order valence-electron chi connectivity index (χ1n) is 7.60. The maximum Gasteiger partial charge on any atom is 0.356 e. The van der Waals surface area contributed by atoms with E-state index in [-0.39, 0.29) is 17.9 Å². The molecule has 138 valence electrons. The highest BCUT2D eigenvalue weighted by atomic mass is 16.5. The summed E-state index contributed by atoms with van der Waals surface area (Å²) in [6.45, 7) is 0.550. The van der Waals surface area contributed by atoms with E-state index in [4.69, 9.17) is 19.3 Å². The number of carboxylic acid groups (broad SMARTS) is 1. The average Bonchev–Trinajstić information content (AvgIpc) is 2.67. The molecule has 9 heteroatoms. The molecule has 1 N–H and O–H groups in total. The lowest BCUT2D eigenvalue weighted by atomic mass is 10.2. The van der Waals surface area contributed by atoms with E-state index in [1.807, 2.05) is 0 Å². The van der Waals surface area contributed by atoms with Crippen molar-refractivity contribution >= 4 is 17.6 Å². The molecule has 0 bridgehead atoms. The molecule has 0 spiro atoms. The predicted octanol–water partition coefficient (Wildman–Crippen LogP) is 1.49. The van der Waals surface area contributed by atoms with Gasteiger partial charge in [0, 0.05) is 25.4 Å². The van der Waals surface area contributed by atoms with Crippen LogP contribution in [0.25, 0.3) is 0 Å². The van der Waals surface area contributed by atoms with E-state index in [1.165, 1.54) is 26.2 Å². The van der Waals surface area contributed by atoms with Crippen molar-refractivity contribution in [3.8, 4) is 11.5 Å². The van der Waals surface area contributed by atoms with Gasteiger partial charge in [-0.1, -0.05) is 0 Å². The quantitative estimate of drug-likeness (QED) is 0.753. The van der Waals surface area contributed by atoms with Crippen LogP contribution < -0.4 is 14.4 Å². The Balaban J connectivity index is 2.37. The van der Waals surface area contributed by atoms with Crippen LogP contribution >= 0.6 is 0 Å². The van der Waals surface area contributed by atoms with Crippen LogP contribution in [-0.4, -0.2) is 61.4 Å². The van der Waals surface area contributed by atoms with Crippen molar-refractivity contribution in [1.29, 1.82) is 0 Å². The van der Waals surface area contributed by atoms with Gasteiger partial charge in [-0.3, -0.25) is 4.79 Å². The fraction of sp³-hybridized carbons (Fsp3) is 0.294. The van der Waals surface area contributed by atoms with Gasteiger partial charge in [-0.15, -0.1) is 0 Å². The summed E-state index contributed by atoms with van der Waals surface area (Å²) in [5.74, 6) is -0.667. The molecule has 0 aliphatic carbocycles. The molecule has 1 amide bonds. The molecular weight excluding hydrogens is 342 g/mol. The number of amides is 1. The molecule has 0 saturated heterocycles. The molecule has 2 aromatic rings. The van der Waals surface area contributed by atoms with Gasteiger partial charge in [-0.05, 0) is 12.1 Å². The highest BCUT2D eigenvalue weighted by Crippen LogP contribution is 2.31. The zero-order chi connectivity index (χ0) is 19.1. The van der Waals surface area contributed by atoms with E-state index < -0.39 is 11.9 Å². The van der Waals surface area contributed by atoms with Gasteiger partial charge in [0.05, 0.1) is 33.2 Å².